The first-order valence-corrected chi connectivity index (χ1v) is 2.15. The predicted octanol–water partition coefficient (Wildman–Crippen LogP) is 2.55. The van der Waals surface area contributed by atoms with Gasteiger partial charge in [-0.2, -0.15) is 0 Å². The summed E-state index contributed by atoms with van der Waals surface area (Å²) in [6.45, 7) is 11.4. The van der Waals surface area contributed by atoms with Crippen LogP contribution in [-0.4, -0.2) is 0 Å². The first-order chi connectivity index (χ1) is 3.41. The van der Waals surface area contributed by atoms with Crippen molar-refractivity contribution >= 4 is 0 Å². The summed E-state index contributed by atoms with van der Waals surface area (Å²) in [5.41, 5.74) is 0. The minimum atomic E-state index is 1.75. The molecule has 0 saturated carbocycles. The molecule has 0 aromatic carbocycles. The molecular formula is C7H12. The zero-order valence-electron chi connectivity index (χ0n) is 4.85. The lowest BCUT2D eigenvalue weighted by atomic mass is 10.5. The predicted molar refractivity (Wildman–Crippen MR) is 36.3 cm³/mol. The van der Waals surface area contributed by atoms with Gasteiger partial charge in [-0.1, -0.05) is 24.8 Å². The van der Waals surface area contributed by atoms with Crippen LogP contribution in [0, 0.1) is 0 Å². The molecule has 0 aromatic heterocycles. The summed E-state index contributed by atoms with van der Waals surface area (Å²) in [4.78, 5) is 0. The van der Waals surface area contributed by atoms with Crippen LogP contribution in [-0.2, 0) is 0 Å². The Morgan fingerprint density at radius 2 is 1.71 bits per heavy atom. The average Bonchev–Trinajstić information content (AvgIpc) is 1.75. The molecule has 0 fully saturated rings. The third kappa shape index (κ3) is 36.4. The molecule has 0 aromatic rings. The molecule has 7 heavy (non-hydrogen) atoms. The van der Waals surface area contributed by atoms with Gasteiger partial charge in [0.2, 0.25) is 0 Å². The van der Waals surface area contributed by atoms with Gasteiger partial charge >= 0.3 is 0 Å². The van der Waals surface area contributed by atoms with Gasteiger partial charge in [-0.25, -0.2) is 0 Å². The van der Waals surface area contributed by atoms with Gasteiger partial charge in [0.05, 0.1) is 0 Å². The van der Waals surface area contributed by atoms with Gasteiger partial charge in [0.25, 0.3) is 0 Å². The number of hydrogen-bond acceptors (Lipinski definition) is 0. The van der Waals surface area contributed by atoms with E-state index in [0.29, 0.717) is 0 Å². The van der Waals surface area contributed by atoms with Gasteiger partial charge in [0.1, 0.15) is 0 Å². The Kier molecular flexibility index (Phi) is 25.6. The number of allylic oxidation sites excluding steroid dienone is 3. The van der Waals surface area contributed by atoms with Gasteiger partial charge in [0.15, 0.2) is 0 Å². The van der Waals surface area contributed by atoms with Crippen LogP contribution in [0.15, 0.2) is 38.0 Å². The fourth-order valence-electron chi connectivity index (χ4n) is 0.136. The Bertz CT molecular complexity index is 51.1. The summed E-state index contributed by atoms with van der Waals surface area (Å²) >= 11 is 0. The van der Waals surface area contributed by atoms with Crippen molar-refractivity contribution in [3.8, 4) is 0 Å². The summed E-state index contributed by atoms with van der Waals surface area (Å²) in [7, 11) is 0. The van der Waals surface area contributed by atoms with Gasteiger partial charge < -0.3 is 0 Å². The molecule has 0 saturated heterocycles. The molecule has 0 radical (unpaired) electrons. The monoisotopic (exact) mass is 96.1 g/mol. The van der Waals surface area contributed by atoms with Gasteiger partial charge in [0, 0.05) is 0 Å². The highest BCUT2D eigenvalue weighted by molar-refractivity contribution is 4.94. The largest absolute Gasteiger partial charge is 0.106 e. The molecular weight excluding hydrogens is 84.1 g/mol. The average molecular weight is 96.2 g/mol. The van der Waals surface area contributed by atoms with Crippen molar-refractivity contribution < 1.29 is 0 Å². The zero-order chi connectivity index (χ0) is 6.12. The van der Waals surface area contributed by atoms with Crippen LogP contribution in [0.5, 0.6) is 0 Å². The molecule has 0 aliphatic heterocycles. The Hall–Kier alpha value is -0.780. The summed E-state index contributed by atoms with van der Waals surface area (Å²) < 4.78 is 0. The summed E-state index contributed by atoms with van der Waals surface area (Å²) in [6, 6.07) is 0. The van der Waals surface area contributed by atoms with Gasteiger partial charge in [-0.15, -0.1) is 13.2 Å². The molecule has 40 valence electrons. The van der Waals surface area contributed by atoms with Gasteiger partial charge in [-0.05, 0) is 6.92 Å². The van der Waals surface area contributed by atoms with Crippen molar-refractivity contribution in [2.75, 3.05) is 0 Å². The fourth-order valence-corrected chi connectivity index (χ4v) is 0.136. The minimum Gasteiger partial charge on any atom is -0.106 e. The lowest BCUT2D eigenvalue weighted by Gasteiger charge is -1.56. The second-order valence-corrected chi connectivity index (χ2v) is 0.761. The van der Waals surface area contributed by atoms with E-state index in [4.69, 9.17) is 0 Å². The second-order valence-electron chi connectivity index (χ2n) is 0.761. The Labute approximate surface area is 45.9 Å². The molecule has 0 rings (SSSR count). The lowest BCUT2D eigenvalue weighted by Crippen LogP contribution is -1.33. The Morgan fingerprint density at radius 1 is 1.29 bits per heavy atom. The van der Waals surface area contributed by atoms with Crippen molar-refractivity contribution in [1.29, 1.82) is 0 Å². The topological polar surface area (TPSA) is 0 Å². The van der Waals surface area contributed by atoms with E-state index in [9.17, 15) is 0 Å². The first-order valence-electron chi connectivity index (χ1n) is 2.15. The molecule has 0 amide bonds. The highest BCUT2D eigenvalue weighted by Crippen LogP contribution is 1.64. The quantitative estimate of drug-likeness (QED) is 0.347. The van der Waals surface area contributed by atoms with E-state index >= 15 is 0 Å². The van der Waals surface area contributed by atoms with Crippen LogP contribution in [0.25, 0.3) is 0 Å². The molecule has 0 N–H and O–H groups in total. The van der Waals surface area contributed by atoms with Crippen LogP contribution in [0.4, 0.5) is 0 Å². The molecule has 0 bridgehead atoms. The molecule has 0 aliphatic carbocycles. The van der Waals surface area contributed by atoms with Crippen molar-refractivity contribution in [2.24, 2.45) is 0 Å². The van der Waals surface area contributed by atoms with E-state index in [0.717, 1.165) is 0 Å². The SMILES string of the molecule is C=C.C=C/C=C/C. The molecule has 0 heteroatoms. The highest BCUT2D eigenvalue weighted by Gasteiger charge is 1.42. The highest BCUT2D eigenvalue weighted by atomic mass is 13.5. The van der Waals surface area contributed by atoms with Crippen LogP contribution < -0.4 is 0 Å². The van der Waals surface area contributed by atoms with E-state index in [1.54, 1.807) is 6.08 Å². The Morgan fingerprint density at radius 3 is 1.71 bits per heavy atom. The maximum atomic E-state index is 3.46. The number of hydrogen-bond donors (Lipinski definition) is 0. The molecule has 0 aliphatic rings. The fraction of sp³-hybridized carbons (Fsp3) is 0.143. The van der Waals surface area contributed by atoms with Crippen LogP contribution in [0.2, 0.25) is 0 Å². The first kappa shape index (κ1) is 9.52. The lowest BCUT2D eigenvalue weighted by molar-refractivity contribution is 1.74. The van der Waals surface area contributed by atoms with E-state index in [1.165, 1.54) is 0 Å². The van der Waals surface area contributed by atoms with E-state index < -0.39 is 0 Å². The third-order valence-electron chi connectivity index (χ3n) is 0.329. The normalized spacial score (nSPS) is 7.00. The maximum absolute atomic E-state index is 3.46. The van der Waals surface area contributed by atoms with Crippen LogP contribution >= 0.6 is 0 Å². The molecule has 0 heterocycles. The molecule has 0 spiro atoms. The maximum Gasteiger partial charge on any atom is -0.0467 e. The van der Waals surface area contributed by atoms with E-state index in [1.807, 2.05) is 19.1 Å². The minimum absolute atomic E-state index is 1.75. The van der Waals surface area contributed by atoms with Crippen molar-refractivity contribution in [1.82, 2.24) is 0 Å². The van der Waals surface area contributed by atoms with E-state index in [2.05, 4.69) is 19.7 Å². The summed E-state index contributed by atoms with van der Waals surface area (Å²) in [6.07, 6.45) is 5.58. The smallest absolute Gasteiger partial charge is 0.0467 e. The van der Waals surface area contributed by atoms with Gasteiger partial charge in [-0.3, -0.25) is 0 Å². The Balaban J connectivity index is 0. The van der Waals surface area contributed by atoms with Crippen molar-refractivity contribution in [2.45, 2.75) is 6.92 Å². The van der Waals surface area contributed by atoms with E-state index in [-0.39, 0.29) is 0 Å². The third-order valence-corrected chi connectivity index (χ3v) is 0.329. The summed E-state index contributed by atoms with van der Waals surface area (Å²) in [5.74, 6) is 0. The number of rotatable bonds is 1. The van der Waals surface area contributed by atoms with Crippen LogP contribution in [0.1, 0.15) is 6.92 Å². The van der Waals surface area contributed by atoms with Crippen molar-refractivity contribution in [3.63, 3.8) is 0 Å². The molecule has 0 atom stereocenters. The summed E-state index contributed by atoms with van der Waals surface area (Å²) in [5, 5.41) is 0. The van der Waals surface area contributed by atoms with Crippen molar-refractivity contribution in [3.05, 3.63) is 38.0 Å². The zero-order valence-corrected chi connectivity index (χ0v) is 4.85. The molecule has 0 unspecified atom stereocenters. The molecule has 0 nitrogen and oxygen atoms in total. The second kappa shape index (κ2) is 18.9. The standard InChI is InChI=1S/C5H8.C2H4/c1-3-5-4-2;1-2/h3-5H,1H2,2H3;1-2H2/b5-4+;. The van der Waals surface area contributed by atoms with Crippen LogP contribution in [0.3, 0.4) is 0 Å².